The number of phenols is 1. The molecule has 2 aromatic carbocycles. The fourth-order valence-electron chi connectivity index (χ4n) is 2.24. The number of hydrogen-bond donors (Lipinski definition) is 2. The Morgan fingerprint density at radius 3 is 2.85 bits per heavy atom. The van der Waals surface area contributed by atoms with E-state index in [1.807, 2.05) is 31.2 Å². The van der Waals surface area contributed by atoms with Gasteiger partial charge < -0.3 is 15.2 Å². The minimum Gasteiger partial charge on any atom is -0.503 e. The summed E-state index contributed by atoms with van der Waals surface area (Å²) in [5, 5.41) is 13.3. The van der Waals surface area contributed by atoms with Crippen molar-refractivity contribution in [2.24, 2.45) is 4.99 Å². The number of aliphatic imine (C=N–C) groups is 1. The van der Waals surface area contributed by atoms with Crippen molar-refractivity contribution in [3.8, 4) is 11.5 Å². The summed E-state index contributed by atoms with van der Waals surface area (Å²) >= 11 is 7.96. The van der Waals surface area contributed by atoms with Crippen LogP contribution in [0.1, 0.15) is 12.5 Å². The minimum atomic E-state index is -0.217. The van der Waals surface area contributed by atoms with E-state index in [-0.39, 0.29) is 11.7 Å². The first-order chi connectivity index (χ1) is 12.5. The van der Waals surface area contributed by atoms with Crippen molar-refractivity contribution in [1.29, 1.82) is 0 Å². The number of carbonyl (C=O) groups excluding carboxylic acids is 1. The number of carbonyl (C=O) groups is 1. The van der Waals surface area contributed by atoms with Gasteiger partial charge in [0.05, 0.1) is 21.7 Å². The van der Waals surface area contributed by atoms with Crippen LogP contribution < -0.4 is 10.1 Å². The smallest absolute Gasteiger partial charge is 0.264 e. The molecule has 0 spiro atoms. The molecule has 1 saturated heterocycles. The molecule has 2 N–H and O–H groups in total. The van der Waals surface area contributed by atoms with Gasteiger partial charge in [-0.2, -0.15) is 0 Å². The van der Waals surface area contributed by atoms with Crippen LogP contribution in [0.25, 0.3) is 6.08 Å². The number of amides is 1. The number of rotatable bonds is 4. The second kappa shape index (κ2) is 8.28. The molecule has 0 saturated carbocycles. The van der Waals surface area contributed by atoms with Crippen LogP contribution >= 0.6 is 43.6 Å². The first kappa shape index (κ1) is 19.0. The summed E-state index contributed by atoms with van der Waals surface area (Å²) in [6.45, 7) is 2.27. The SMILES string of the molecule is CCOc1cc(C=C2SC(=Nc3cccc(Br)c3)NC2=O)cc(Br)c1O. The zero-order valence-corrected chi connectivity index (χ0v) is 17.6. The Kier molecular flexibility index (Phi) is 6.05. The molecule has 1 aliphatic rings. The number of thioether (sulfide) groups is 1. The fourth-order valence-corrected chi connectivity index (χ4v) is 3.93. The Bertz CT molecular complexity index is 929. The molecule has 5 nitrogen and oxygen atoms in total. The van der Waals surface area contributed by atoms with Gasteiger partial charge in [0.25, 0.3) is 5.91 Å². The van der Waals surface area contributed by atoms with E-state index in [2.05, 4.69) is 42.2 Å². The Morgan fingerprint density at radius 1 is 1.31 bits per heavy atom. The highest BCUT2D eigenvalue weighted by molar-refractivity contribution is 9.10. The molecule has 134 valence electrons. The largest absolute Gasteiger partial charge is 0.503 e. The number of benzene rings is 2. The van der Waals surface area contributed by atoms with Crippen molar-refractivity contribution in [1.82, 2.24) is 5.32 Å². The lowest BCUT2D eigenvalue weighted by molar-refractivity contribution is -0.115. The predicted molar refractivity (Wildman–Crippen MR) is 112 cm³/mol. The number of hydrogen-bond acceptors (Lipinski definition) is 5. The zero-order valence-electron chi connectivity index (χ0n) is 13.6. The first-order valence-electron chi connectivity index (χ1n) is 7.66. The Labute approximate surface area is 171 Å². The highest BCUT2D eigenvalue weighted by Gasteiger charge is 2.24. The van der Waals surface area contributed by atoms with Gasteiger partial charge in [0.1, 0.15) is 0 Å². The van der Waals surface area contributed by atoms with Crippen molar-refractivity contribution in [3.63, 3.8) is 0 Å². The monoisotopic (exact) mass is 496 g/mol. The van der Waals surface area contributed by atoms with Crippen LogP contribution in [-0.2, 0) is 4.79 Å². The van der Waals surface area contributed by atoms with Crippen molar-refractivity contribution in [2.75, 3.05) is 6.61 Å². The number of halogens is 2. The number of ether oxygens (including phenoxy) is 1. The summed E-state index contributed by atoms with van der Waals surface area (Å²) in [5.74, 6) is 0.181. The molecule has 1 fully saturated rings. The standard InChI is InChI=1S/C18H14Br2N2O3S/c1-2-25-14-7-10(6-13(20)16(14)23)8-15-17(24)22-18(26-15)21-12-5-3-4-11(19)9-12/h3-9,23H,2H2,1H3,(H,21,22,24). The topological polar surface area (TPSA) is 70.9 Å². The molecule has 1 amide bonds. The molecule has 0 atom stereocenters. The van der Waals surface area contributed by atoms with E-state index < -0.39 is 0 Å². The van der Waals surface area contributed by atoms with Crippen LogP contribution in [0.3, 0.4) is 0 Å². The molecule has 0 aliphatic carbocycles. The minimum absolute atomic E-state index is 0.0365. The molecule has 0 radical (unpaired) electrons. The van der Waals surface area contributed by atoms with Crippen molar-refractivity contribution >= 4 is 66.5 Å². The van der Waals surface area contributed by atoms with E-state index in [1.165, 1.54) is 11.8 Å². The van der Waals surface area contributed by atoms with E-state index in [0.717, 1.165) is 15.7 Å². The van der Waals surface area contributed by atoms with Gasteiger partial charge in [-0.05, 0) is 76.6 Å². The average molecular weight is 498 g/mol. The molecule has 1 aliphatic heterocycles. The third-order valence-electron chi connectivity index (χ3n) is 3.34. The summed E-state index contributed by atoms with van der Waals surface area (Å²) in [4.78, 5) is 17.2. The lowest BCUT2D eigenvalue weighted by Gasteiger charge is -2.08. The van der Waals surface area contributed by atoms with E-state index in [1.54, 1.807) is 18.2 Å². The van der Waals surface area contributed by atoms with Crippen LogP contribution in [0, 0.1) is 0 Å². The van der Waals surface area contributed by atoms with Gasteiger partial charge in [-0.25, -0.2) is 4.99 Å². The van der Waals surface area contributed by atoms with E-state index in [9.17, 15) is 9.90 Å². The second-order valence-corrected chi connectivity index (χ2v) is 8.04. The van der Waals surface area contributed by atoms with Crippen LogP contribution in [0.2, 0.25) is 0 Å². The maximum atomic E-state index is 12.2. The molecule has 26 heavy (non-hydrogen) atoms. The molecule has 8 heteroatoms. The van der Waals surface area contributed by atoms with Gasteiger partial charge in [-0.3, -0.25) is 4.79 Å². The Hall–Kier alpha value is -1.77. The lowest BCUT2D eigenvalue weighted by Crippen LogP contribution is -2.19. The fraction of sp³-hybridized carbons (Fsp3) is 0.111. The van der Waals surface area contributed by atoms with Crippen molar-refractivity contribution < 1.29 is 14.6 Å². The summed E-state index contributed by atoms with van der Waals surface area (Å²) in [6, 6.07) is 10.9. The third-order valence-corrected chi connectivity index (χ3v) is 5.35. The quantitative estimate of drug-likeness (QED) is 0.569. The molecule has 0 unspecified atom stereocenters. The number of aromatic hydroxyl groups is 1. The van der Waals surface area contributed by atoms with Gasteiger partial charge in [0, 0.05) is 4.47 Å². The summed E-state index contributed by atoms with van der Waals surface area (Å²) in [5.41, 5.74) is 1.48. The van der Waals surface area contributed by atoms with Crippen LogP contribution in [0.15, 0.2) is 55.2 Å². The Morgan fingerprint density at radius 2 is 2.12 bits per heavy atom. The molecular formula is C18H14Br2N2O3S. The van der Waals surface area contributed by atoms with Gasteiger partial charge in [-0.15, -0.1) is 0 Å². The summed E-state index contributed by atoms with van der Waals surface area (Å²) < 4.78 is 6.84. The van der Waals surface area contributed by atoms with Gasteiger partial charge in [0.15, 0.2) is 16.7 Å². The third kappa shape index (κ3) is 4.49. The number of nitrogens with one attached hydrogen (secondary N) is 1. The molecule has 2 aromatic rings. The van der Waals surface area contributed by atoms with Crippen molar-refractivity contribution in [2.45, 2.75) is 6.92 Å². The summed E-state index contributed by atoms with van der Waals surface area (Å²) in [7, 11) is 0. The van der Waals surface area contributed by atoms with Gasteiger partial charge >= 0.3 is 0 Å². The molecule has 3 rings (SSSR count). The lowest BCUT2D eigenvalue weighted by atomic mass is 10.2. The second-order valence-electron chi connectivity index (χ2n) is 5.24. The molecule has 1 heterocycles. The van der Waals surface area contributed by atoms with E-state index >= 15 is 0 Å². The Balaban J connectivity index is 1.87. The molecule has 0 aromatic heterocycles. The van der Waals surface area contributed by atoms with E-state index in [4.69, 9.17) is 4.74 Å². The maximum Gasteiger partial charge on any atom is 0.264 e. The first-order valence-corrected chi connectivity index (χ1v) is 10.1. The van der Waals surface area contributed by atoms with Gasteiger partial charge in [-0.1, -0.05) is 22.0 Å². The highest BCUT2D eigenvalue weighted by atomic mass is 79.9. The zero-order chi connectivity index (χ0) is 18.7. The molecule has 0 bridgehead atoms. The highest BCUT2D eigenvalue weighted by Crippen LogP contribution is 2.37. The molecular weight excluding hydrogens is 484 g/mol. The number of amidine groups is 1. The van der Waals surface area contributed by atoms with Crippen LogP contribution in [0.4, 0.5) is 5.69 Å². The average Bonchev–Trinajstić information content (AvgIpc) is 2.91. The van der Waals surface area contributed by atoms with E-state index in [0.29, 0.717) is 26.9 Å². The maximum absolute atomic E-state index is 12.2. The van der Waals surface area contributed by atoms with Gasteiger partial charge in [0.2, 0.25) is 0 Å². The van der Waals surface area contributed by atoms with Crippen molar-refractivity contribution in [3.05, 3.63) is 55.8 Å². The number of phenolic OH excluding ortho intramolecular Hbond substituents is 1. The number of nitrogens with zero attached hydrogens (tertiary/aromatic N) is 1. The predicted octanol–water partition coefficient (Wildman–Crippen LogP) is 5.21. The summed E-state index contributed by atoms with van der Waals surface area (Å²) in [6.07, 6.45) is 1.73. The van der Waals surface area contributed by atoms with Crippen LogP contribution in [-0.4, -0.2) is 22.8 Å². The normalized spacial score (nSPS) is 17.0. The van der Waals surface area contributed by atoms with Crippen LogP contribution in [0.5, 0.6) is 11.5 Å².